The van der Waals surface area contributed by atoms with Gasteiger partial charge in [-0.15, -0.1) is 0 Å². The number of thiocarbonyl (C=S) groups is 1. The second-order valence-corrected chi connectivity index (χ2v) is 5.57. The van der Waals surface area contributed by atoms with Crippen LogP contribution in [0.4, 0.5) is 0 Å². The number of hydrazone groups is 1. The van der Waals surface area contributed by atoms with Crippen LogP contribution in [0.2, 0.25) is 0 Å². The van der Waals surface area contributed by atoms with Crippen LogP contribution in [0.5, 0.6) is 5.75 Å². The lowest BCUT2D eigenvalue weighted by Crippen LogP contribution is -2.34. The fourth-order valence-corrected chi connectivity index (χ4v) is 1.72. The van der Waals surface area contributed by atoms with Crippen molar-refractivity contribution in [1.29, 1.82) is 0 Å². The zero-order chi connectivity index (χ0) is 17.9. The van der Waals surface area contributed by atoms with Crippen LogP contribution in [0.1, 0.15) is 12.5 Å². The van der Waals surface area contributed by atoms with E-state index in [1.807, 2.05) is 19.1 Å². The summed E-state index contributed by atoms with van der Waals surface area (Å²) in [7, 11) is 5.01. The number of nitrogens with one attached hydrogen (secondary N) is 2. The van der Waals surface area contributed by atoms with Gasteiger partial charge in [-0.2, -0.15) is 5.10 Å². The first-order chi connectivity index (χ1) is 11.4. The molecule has 2 N–H and O–H groups in total. The van der Waals surface area contributed by atoms with Crippen LogP contribution in [0.25, 0.3) is 0 Å². The lowest BCUT2D eigenvalue weighted by Gasteiger charge is -2.11. The van der Waals surface area contributed by atoms with Gasteiger partial charge in [0.1, 0.15) is 5.75 Å². The van der Waals surface area contributed by atoms with E-state index in [1.54, 1.807) is 33.3 Å². The second kappa shape index (κ2) is 10.6. The molecule has 1 rings (SSSR count). The number of carbonyl (C=O) groups is 1. The van der Waals surface area contributed by atoms with E-state index in [0.29, 0.717) is 24.0 Å². The van der Waals surface area contributed by atoms with Gasteiger partial charge in [0.2, 0.25) is 0 Å². The minimum Gasteiger partial charge on any atom is -0.484 e. The van der Waals surface area contributed by atoms with Crippen LogP contribution in [0.15, 0.2) is 29.4 Å². The third-order valence-electron chi connectivity index (χ3n) is 3.05. The molecule has 0 spiro atoms. The van der Waals surface area contributed by atoms with E-state index >= 15 is 0 Å². The molecule has 132 valence electrons. The molecule has 0 aromatic heterocycles. The van der Waals surface area contributed by atoms with Crippen LogP contribution in [0.3, 0.4) is 0 Å². The summed E-state index contributed by atoms with van der Waals surface area (Å²) in [5.74, 6) is 0.543. The molecule has 0 fully saturated rings. The molecule has 0 saturated heterocycles. The van der Waals surface area contributed by atoms with E-state index in [9.17, 15) is 4.79 Å². The third-order valence-corrected chi connectivity index (χ3v) is 3.29. The Morgan fingerprint density at radius 1 is 1.29 bits per heavy atom. The Balaban J connectivity index is 2.50. The first-order valence-corrected chi connectivity index (χ1v) is 7.85. The van der Waals surface area contributed by atoms with Crippen LogP contribution in [-0.4, -0.2) is 62.6 Å². The first kappa shape index (κ1) is 19.9. The van der Waals surface area contributed by atoms with Crippen molar-refractivity contribution in [2.45, 2.75) is 6.92 Å². The number of ether oxygens (including phenoxy) is 2. The van der Waals surface area contributed by atoms with Crippen molar-refractivity contribution in [3.8, 4) is 5.75 Å². The molecular formula is C16H24N4O3S. The average molecular weight is 352 g/mol. The van der Waals surface area contributed by atoms with Gasteiger partial charge in [-0.3, -0.25) is 10.2 Å². The minimum absolute atomic E-state index is 0.0163. The van der Waals surface area contributed by atoms with Gasteiger partial charge in [0.15, 0.2) is 11.7 Å². The summed E-state index contributed by atoms with van der Waals surface area (Å²) in [4.78, 5) is 13.0. The molecule has 0 heterocycles. The van der Waals surface area contributed by atoms with Crippen LogP contribution >= 0.6 is 12.2 Å². The van der Waals surface area contributed by atoms with Crippen LogP contribution in [0, 0.1) is 0 Å². The topological polar surface area (TPSA) is 75.2 Å². The molecule has 0 unspecified atom stereocenters. The molecule has 24 heavy (non-hydrogen) atoms. The van der Waals surface area contributed by atoms with Gasteiger partial charge >= 0.3 is 0 Å². The molecule has 8 heteroatoms. The van der Waals surface area contributed by atoms with Crippen molar-refractivity contribution in [2.24, 2.45) is 5.10 Å². The Morgan fingerprint density at radius 3 is 2.54 bits per heavy atom. The number of methoxy groups -OCH3 is 1. The van der Waals surface area contributed by atoms with Crippen molar-refractivity contribution in [3.63, 3.8) is 0 Å². The van der Waals surface area contributed by atoms with E-state index in [4.69, 9.17) is 21.7 Å². The summed E-state index contributed by atoms with van der Waals surface area (Å²) in [6, 6.07) is 7.34. The van der Waals surface area contributed by atoms with Crippen LogP contribution < -0.4 is 15.5 Å². The number of likely N-dealkylation sites (N-methyl/N-ethyl adjacent to an activating group) is 1. The van der Waals surface area contributed by atoms with Crippen molar-refractivity contribution in [3.05, 3.63) is 29.8 Å². The quantitative estimate of drug-likeness (QED) is 0.315. The highest BCUT2D eigenvalue weighted by atomic mass is 32.1. The molecule has 7 nitrogen and oxygen atoms in total. The van der Waals surface area contributed by atoms with E-state index in [2.05, 4.69) is 15.8 Å². The van der Waals surface area contributed by atoms with Crippen molar-refractivity contribution >= 4 is 28.9 Å². The molecule has 0 bridgehead atoms. The fourth-order valence-electron chi connectivity index (χ4n) is 1.57. The van der Waals surface area contributed by atoms with Gasteiger partial charge in [-0.25, -0.2) is 0 Å². The third kappa shape index (κ3) is 7.38. The smallest absolute Gasteiger partial charge is 0.259 e. The minimum atomic E-state index is -0.0875. The predicted molar refractivity (Wildman–Crippen MR) is 98.5 cm³/mol. The molecule has 0 aliphatic carbocycles. The maximum Gasteiger partial charge on any atom is 0.259 e. The van der Waals surface area contributed by atoms with E-state index in [1.165, 1.54) is 4.90 Å². The number of nitrogens with zero attached hydrogens (tertiary/aromatic N) is 2. The Bertz CT molecular complexity index is 573. The highest BCUT2D eigenvalue weighted by Gasteiger charge is 2.05. The van der Waals surface area contributed by atoms with Gasteiger partial charge in [0, 0.05) is 27.7 Å². The highest BCUT2D eigenvalue weighted by molar-refractivity contribution is 7.80. The fraction of sp³-hybridized carbons (Fsp3) is 0.438. The number of carbonyl (C=O) groups excluding carboxylic acids is 1. The standard InChI is InChI=1S/C16H24N4O3S/c1-12(18-19-16(24)17-9-10-22-4)13-5-7-14(8-6-13)23-11-15(21)20(2)3/h5-8H,9-11H2,1-4H3,(H2,17,19,24)/b18-12-. The molecule has 1 aromatic rings. The summed E-state index contributed by atoms with van der Waals surface area (Å²) in [5.41, 5.74) is 4.48. The summed E-state index contributed by atoms with van der Waals surface area (Å²) in [6.07, 6.45) is 0. The number of rotatable bonds is 8. The molecule has 1 aromatic carbocycles. The molecular weight excluding hydrogens is 328 g/mol. The van der Waals surface area contributed by atoms with Crippen molar-refractivity contribution < 1.29 is 14.3 Å². The Kier molecular flexibility index (Phi) is 8.74. The van der Waals surface area contributed by atoms with Gasteiger partial charge in [-0.1, -0.05) is 0 Å². The predicted octanol–water partition coefficient (Wildman–Crippen LogP) is 0.988. The van der Waals surface area contributed by atoms with E-state index in [0.717, 1.165) is 11.3 Å². The summed E-state index contributed by atoms with van der Waals surface area (Å²) < 4.78 is 10.4. The number of benzene rings is 1. The molecule has 0 aliphatic heterocycles. The largest absolute Gasteiger partial charge is 0.484 e. The van der Waals surface area contributed by atoms with E-state index in [-0.39, 0.29) is 12.5 Å². The maximum atomic E-state index is 11.5. The van der Waals surface area contributed by atoms with Crippen LogP contribution in [-0.2, 0) is 9.53 Å². The van der Waals surface area contributed by atoms with Gasteiger partial charge in [-0.05, 0) is 49.0 Å². The number of amides is 1. The van der Waals surface area contributed by atoms with Crippen molar-refractivity contribution in [1.82, 2.24) is 15.6 Å². The Labute approximate surface area is 148 Å². The SMILES string of the molecule is COCCNC(=S)N/N=C(/C)c1ccc(OCC(=O)N(C)C)cc1. The molecule has 0 saturated carbocycles. The maximum absolute atomic E-state index is 11.5. The normalized spacial score (nSPS) is 10.9. The monoisotopic (exact) mass is 352 g/mol. The van der Waals surface area contributed by atoms with Gasteiger partial charge in [0.25, 0.3) is 5.91 Å². The lowest BCUT2D eigenvalue weighted by atomic mass is 10.1. The van der Waals surface area contributed by atoms with Gasteiger partial charge < -0.3 is 19.7 Å². The number of hydrogen-bond acceptors (Lipinski definition) is 5. The van der Waals surface area contributed by atoms with E-state index < -0.39 is 0 Å². The summed E-state index contributed by atoms with van der Waals surface area (Å²) >= 11 is 5.10. The molecule has 1 amide bonds. The lowest BCUT2D eigenvalue weighted by molar-refractivity contribution is -0.130. The summed E-state index contributed by atoms with van der Waals surface area (Å²) in [5, 5.41) is 7.63. The molecule has 0 aliphatic rings. The zero-order valence-corrected chi connectivity index (χ0v) is 15.3. The number of hydrogen-bond donors (Lipinski definition) is 2. The molecule has 0 atom stereocenters. The highest BCUT2D eigenvalue weighted by Crippen LogP contribution is 2.12. The second-order valence-electron chi connectivity index (χ2n) is 5.16. The average Bonchev–Trinajstić information content (AvgIpc) is 2.58. The van der Waals surface area contributed by atoms with Gasteiger partial charge in [0.05, 0.1) is 12.3 Å². The Morgan fingerprint density at radius 2 is 1.96 bits per heavy atom. The zero-order valence-electron chi connectivity index (χ0n) is 14.5. The van der Waals surface area contributed by atoms with Crippen molar-refractivity contribution in [2.75, 3.05) is 41.0 Å². The molecule has 0 radical (unpaired) electrons. The Hall–Kier alpha value is -2.19. The summed E-state index contributed by atoms with van der Waals surface area (Å²) in [6.45, 7) is 3.08. The first-order valence-electron chi connectivity index (χ1n) is 7.44.